The van der Waals surface area contributed by atoms with Crippen LogP contribution in [0.4, 0.5) is 0 Å². The molecule has 1 aliphatic rings. The first-order valence-electron chi connectivity index (χ1n) is 9.77. The van der Waals surface area contributed by atoms with Crippen LogP contribution < -0.4 is 5.56 Å². The highest BCUT2D eigenvalue weighted by Crippen LogP contribution is 2.22. The fraction of sp³-hybridized carbons (Fsp3) is 0.348. The molecule has 0 spiro atoms. The number of aromatic nitrogens is 1. The number of rotatable bonds is 5. The van der Waals surface area contributed by atoms with E-state index in [0.717, 1.165) is 37.9 Å². The number of piperidine rings is 1. The number of nitrogens with zero attached hydrogens (tertiary/aromatic N) is 2. The van der Waals surface area contributed by atoms with Gasteiger partial charge >= 0.3 is 0 Å². The van der Waals surface area contributed by atoms with Gasteiger partial charge in [0.05, 0.1) is 11.9 Å². The smallest absolute Gasteiger partial charge is 0.290 e. The SMILES string of the molecule is Cc1ccc2on(CCC3CCN(C=Cc4ccccc4)CC3)c(=O)c2c1. The van der Waals surface area contributed by atoms with Crippen molar-refractivity contribution in [3.05, 3.63) is 76.2 Å². The van der Waals surface area contributed by atoms with Crippen molar-refractivity contribution in [2.75, 3.05) is 13.1 Å². The van der Waals surface area contributed by atoms with E-state index in [9.17, 15) is 4.79 Å². The van der Waals surface area contributed by atoms with Crippen LogP contribution in [0.2, 0.25) is 0 Å². The zero-order valence-electron chi connectivity index (χ0n) is 15.8. The van der Waals surface area contributed by atoms with Crippen molar-refractivity contribution in [1.29, 1.82) is 0 Å². The molecule has 2 aromatic carbocycles. The fourth-order valence-electron chi connectivity index (χ4n) is 3.78. The number of likely N-dealkylation sites (tertiary alicyclic amines) is 1. The van der Waals surface area contributed by atoms with Crippen LogP contribution in [0, 0.1) is 12.8 Å². The Hall–Kier alpha value is -2.75. The van der Waals surface area contributed by atoms with Gasteiger partial charge in [0, 0.05) is 13.1 Å². The van der Waals surface area contributed by atoms with Crippen molar-refractivity contribution in [1.82, 2.24) is 9.64 Å². The first kappa shape index (κ1) is 17.7. The fourth-order valence-corrected chi connectivity index (χ4v) is 3.78. The number of hydrogen-bond donors (Lipinski definition) is 0. The number of fused-ring (bicyclic) bond motifs is 1. The second-order valence-electron chi connectivity index (χ2n) is 7.49. The van der Waals surface area contributed by atoms with Crippen molar-refractivity contribution >= 4 is 17.0 Å². The highest BCUT2D eigenvalue weighted by Gasteiger charge is 2.18. The van der Waals surface area contributed by atoms with Crippen LogP contribution in [0.5, 0.6) is 0 Å². The van der Waals surface area contributed by atoms with Gasteiger partial charge in [-0.3, -0.25) is 4.79 Å². The Kier molecular flexibility index (Phi) is 5.14. The van der Waals surface area contributed by atoms with Gasteiger partial charge in [-0.2, -0.15) is 4.74 Å². The monoisotopic (exact) mass is 362 g/mol. The van der Waals surface area contributed by atoms with E-state index in [1.54, 1.807) is 0 Å². The topological polar surface area (TPSA) is 38.4 Å². The Labute approximate surface area is 159 Å². The van der Waals surface area contributed by atoms with Gasteiger partial charge in [0.25, 0.3) is 5.56 Å². The van der Waals surface area contributed by atoms with Crippen LogP contribution in [-0.4, -0.2) is 22.7 Å². The molecule has 0 amide bonds. The molecule has 0 atom stereocenters. The Morgan fingerprint density at radius 3 is 2.67 bits per heavy atom. The normalized spacial score (nSPS) is 15.8. The van der Waals surface area contributed by atoms with Gasteiger partial charge in [-0.15, -0.1) is 0 Å². The quantitative estimate of drug-likeness (QED) is 0.662. The Balaban J connectivity index is 1.30. The minimum atomic E-state index is -0.00284. The Morgan fingerprint density at radius 2 is 1.89 bits per heavy atom. The molecule has 1 fully saturated rings. The molecule has 0 unspecified atom stereocenters. The van der Waals surface area contributed by atoms with Gasteiger partial charge in [0.2, 0.25) is 0 Å². The van der Waals surface area contributed by atoms with Crippen molar-refractivity contribution in [2.45, 2.75) is 32.7 Å². The molecular formula is C23H26N2O2. The lowest BCUT2D eigenvalue weighted by Crippen LogP contribution is -2.30. The number of hydrogen-bond acceptors (Lipinski definition) is 3. The molecule has 3 aromatic rings. The van der Waals surface area contributed by atoms with E-state index in [0.29, 0.717) is 23.4 Å². The zero-order chi connectivity index (χ0) is 18.6. The van der Waals surface area contributed by atoms with Gasteiger partial charge in [-0.25, -0.2) is 0 Å². The van der Waals surface area contributed by atoms with Crippen molar-refractivity contribution in [3.8, 4) is 0 Å². The third kappa shape index (κ3) is 4.16. The van der Waals surface area contributed by atoms with E-state index in [2.05, 4.69) is 41.4 Å². The van der Waals surface area contributed by atoms with Gasteiger partial charge in [0.1, 0.15) is 0 Å². The van der Waals surface area contributed by atoms with Crippen LogP contribution in [0.25, 0.3) is 17.0 Å². The molecule has 2 heterocycles. The first-order valence-corrected chi connectivity index (χ1v) is 9.77. The maximum Gasteiger partial charge on any atom is 0.290 e. The second-order valence-corrected chi connectivity index (χ2v) is 7.49. The molecule has 0 aliphatic carbocycles. The van der Waals surface area contributed by atoms with Crippen molar-refractivity contribution in [3.63, 3.8) is 0 Å². The van der Waals surface area contributed by atoms with Crippen LogP contribution in [0.3, 0.4) is 0 Å². The van der Waals surface area contributed by atoms with Gasteiger partial charge < -0.3 is 9.42 Å². The summed E-state index contributed by atoms with van der Waals surface area (Å²) in [6.07, 6.45) is 7.70. The molecule has 4 rings (SSSR count). The third-order valence-corrected chi connectivity index (χ3v) is 5.47. The molecule has 0 bridgehead atoms. The van der Waals surface area contributed by atoms with E-state index in [1.807, 2.05) is 31.2 Å². The van der Waals surface area contributed by atoms with E-state index < -0.39 is 0 Å². The molecule has 4 heteroatoms. The van der Waals surface area contributed by atoms with Gasteiger partial charge in [0.15, 0.2) is 5.58 Å². The predicted octanol–water partition coefficient (Wildman–Crippen LogP) is 4.68. The lowest BCUT2D eigenvalue weighted by molar-refractivity contribution is 0.203. The molecular weight excluding hydrogens is 336 g/mol. The van der Waals surface area contributed by atoms with E-state index in [4.69, 9.17) is 4.52 Å². The van der Waals surface area contributed by atoms with Gasteiger partial charge in [-0.05, 0) is 62.1 Å². The summed E-state index contributed by atoms with van der Waals surface area (Å²) in [6.45, 7) is 4.80. The van der Waals surface area contributed by atoms with Crippen molar-refractivity contribution < 1.29 is 4.52 Å². The summed E-state index contributed by atoms with van der Waals surface area (Å²) in [5.41, 5.74) is 3.01. The summed E-state index contributed by atoms with van der Waals surface area (Å²) in [7, 11) is 0. The summed E-state index contributed by atoms with van der Waals surface area (Å²) in [6, 6.07) is 16.2. The number of aryl methyl sites for hydroxylation is 2. The summed E-state index contributed by atoms with van der Waals surface area (Å²) in [5.74, 6) is 0.647. The van der Waals surface area contributed by atoms with Crippen LogP contribution in [0.15, 0.2) is 64.0 Å². The largest absolute Gasteiger partial charge is 0.377 e. The van der Waals surface area contributed by atoms with Gasteiger partial charge in [-0.1, -0.05) is 42.0 Å². The van der Waals surface area contributed by atoms with Crippen LogP contribution in [0.1, 0.15) is 30.4 Å². The molecule has 1 saturated heterocycles. The lowest BCUT2D eigenvalue weighted by atomic mass is 9.94. The molecule has 1 aromatic heterocycles. The summed E-state index contributed by atoms with van der Waals surface area (Å²) < 4.78 is 7.27. The Morgan fingerprint density at radius 1 is 1.11 bits per heavy atom. The minimum Gasteiger partial charge on any atom is -0.377 e. The number of benzene rings is 2. The van der Waals surface area contributed by atoms with E-state index in [1.165, 1.54) is 10.3 Å². The standard InChI is InChI=1S/C23H26N2O2/c1-18-7-8-22-21(17-18)23(26)25(27-22)16-12-20-10-14-24(15-11-20)13-9-19-5-3-2-4-6-19/h2-9,13,17,20H,10-12,14-16H2,1H3. The summed E-state index contributed by atoms with van der Waals surface area (Å²) in [5, 5.41) is 0.691. The molecule has 0 saturated carbocycles. The maximum absolute atomic E-state index is 12.5. The first-order chi connectivity index (χ1) is 13.2. The second kappa shape index (κ2) is 7.87. The summed E-state index contributed by atoms with van der Waals surface area (Å²) >= 11 is 0. The highest BCUT2D eigenvalue weighted by molar-refractivity contribution is 5.76. The van der Waals surface area contributed by atoms with E-state index >= 15 is 0 Å². The molecule has 1 aliphatic heterocycles. The molecule has 27 heavy (non-hydrogen) atoms. The minimum absolute atomic E-state index is 0.00284. The molecule has 0 N–H and O–H groups in total. The molecule has 140 valence electrons. The highest BCUT2D eigenvalue weighted by atomic mass is 16.5. The molecule has 4 nitrogen and oxygen atoms in total. The summed E-state index contributed by atoms with van der Waals surface area (Å²) in [4.78, 5) is 14.9. The third-order valence-electron chi connectivity index (χ3n) is 5.47. The average molecular weight is 362 g/mol. The van der Waals surface area contributed by atoms with Crippen LogP contribution in [-0.2, 0) is 6.54 Å². The van der Waals surface area contributed by atoms with E-state index in [-0.39, 0.29) is 5.56 Å². The van der Waals surface area contributed by atoms with Crippen molar-refractivity contribution in [2.24, 2.45) is 5.92 Å². The maximum atomic E-state index is 12.5. The molecule has 0 radical (unpaired) electrons. The Bertz CT molecular complexity index is 977. The van der Waals surface area contributed by atoms with Crippen LogP contribution >= 0.6 is 0 Å². The zero-order valence-corrected chi connectivity index (χ0v) is 15.8. The predicted molar refractivity (Wildman–Crippen MR) is 110 cm³/mol. The lowest BCUT2D eigenvalue weighted by Gasteiger charge is -2.31. The average Bonchev–Trinajstić information content (AvgIpc) is 3.02.